The zero-order chi connectivity index (χ0) is 50.0. The first-order valence-corrected chi connectivity index (χ1v) is 26.4. The third kappa shape index (κ3) is 10.7. The van der Waals surface area contributed by atoms with Crippen LogP contribution in [0.3, 0.4) is 0 Å². The Bertz CT molecular complexity index is 3180. The summed E-state index contributed by atoms with van der Waals surface area (Å²) in [5.41, 5.74) is 7.97. The van der Waals surface area contributed by atoms with Gasteiger partial charge in [0.1, 0.15) is 18.2 Å². The molecular formula is C56H60N10O6S. The summed E-state index contributed by atoms with van der Waals surface area (Å²) >= 11 is 1.44. The number of fused-ring (bicyclic) bond motifs is 3. The minimum absolute atomic E-state index is 0.0450. The summed E-state index contributed by atoms with van der Waals surface area (Å²) in [4.78, 5) is 69.4. The van der Waals surface area contributed by atoms with Crippen LogP contribution in [0.2, 0.25) is 0 Å². The molecule has 3 N–H and O–H groups in total. The van der Waals surface area contributed by atoms with Crippen molar-refractivity contribution in [2.45, 2.75) is 64.0 Å². The van der Waals surface area contributed by atoms with E-state index in [1.54, 1.807) is 6.07 Å². The monoisotopic (exact) mass is 1000 g/mol. The van der Waals surface area contributed by atoms with Crippen LogP contribution in [0.1, 0.15) is 86.8 Å². The van der Waals surface area contributed by atoms with E-state index in [-0.39, 0.29) is 30.0 Å². The number of piperazine rings is 1. The van der Waals surface area contributed by atoms with Gasteiger partial charge in [0.25, 0.3) is 5.91 Å². The number of imide groups is 1. The molecule has 0 aliphatic carbocycles. The van der Waals surface area contributed by atoms with E-state index in [0.717, 1.165) is 116 Å². The first-order chi connectivity index (χ1) is 35.6. The van der Waals surface area contributed by atoms with Gasteiger partial charge < -0.3 is 24.5 Å². The van der Waals surface area contributed by atoms with Gasteiger partial charge in [0.05, 0.1) is 27.3 Å². The number of piperidine rings is 2. The Morgan fingerprint density at radius 1 is 0.822 bits per heavy atom. The average molecular weight is 1000 g/mol. The predicted molar refractivity (Wildman–Crippen MR) is 283 cm³/mol. The summed E-state index contributed by atoms with van der Waals surface area (Å²) in [6.45, 7) is 9.49. The SMILES string of the molecule is Cn1nc(C2CCC(=O)NC2=O)c2ccc(N3CCN(CCCN4CCC(Cc5cccc(OCc6ccc(N7CCc8cccc(C(=O)Nc9nc%10ccccc%10s9)c8C7)nc6C(=O)O)c5)CC4)CC3)cc21. The van der Waals surface area contributed by atoms with Gasteiger partial charge in [-0.25, -0.2) is 14.8 Å². The number of aromatic carboxylic acids is 1. The number of aryl methyl sites for hydroxylation is 1. The molecule has 1 unspecified atom stereocenters. The number of carbonyl (C=O) groups is 4. The number of carboxylic acids is 1. The zero-order valence-corrected chi connectivity index (χ0v) is 41.9. The molecular weight excluding hydrogens is 941 g/mol. The summed E-state index contributed by atoms with van der Waals surface area (Å²) in [6.07, 6.45) is 5.95. The van der Waals surface area contributed by atoms with Crippen molar-refractivity contribution in [2.24, 2.45) is 13.0 Å². The number of thiazole rings is 1. The molecule has 0 spiro atoms. The van der Waals surface area contributed by atoms with Crippen LogP contribution in [0.25, 0.3) is 21.1 Å². The average Bonchev–Trinajstić information content (AvgIpc) is 3.97. The van der Waals surface area contributed by atoms with Crippen molar-refractivity contribution in [1.82, 2.24) is 34.9 Å². The number of carbonyl (C=O) groups excluding carboxylic acids is 3. The molecule has 1 atom stereocenters. The molecule has 73 heavy (non-hydrogen) atoms. The third-order valence-electron chi connectivity index (χ3n) is 15.2. The summed E-state index contributed by atoms with van der Waals surface area (Å²) < 4.78 is 9.09. The van der Waals surface area contributed by atoms with Crippen LogP contribution in [0.4, 0.5) is 16.6 Å². The second-order valence-electron chi connectivity index (χ2n) is 19.9. The number of benzene rings is 4. The summed E-state index contributed by atoms with van der Waals surface area (Å²) in [5.74, 6) is -0.384. The Balaban J connectivity index is 0.623. The van der Waals surface area contributed by atoms with Gasteiger partial charge in [-0.15, -0.1) is 0 Å². The molecule has 3 fully saturated rings. The fourth-order valence-electron chi connectivity index (χ4n) is 11.1. The molecule has 0 saturated carbocycles. The van der Waals surface area contributed by atoms with Gasteiger partial charge in [-0.3, -0.25) is 34.6 Å². The quantitative estimate of drug-likeness (QED) is 0.0854. The van der Waals surface area contributed by atoms with Crippen molar-refractivity contribution >= 4 is 72.8 Å². The van der Waals surface area contributed by atoms with Gasteiger partial charge in [0, 0.05) is 74.9 Å². The van der Waals surface area contributed by atoms with Gasteiger partial charge in [-0.1, -0.05) is 47.7 Å². The van der Waals surface area contributed by atoms with Crippen molar-refractivity contribution in [3.63, 3.8) is 0 Å². The molecule has 4 aromatic carbocycles. The van der Waals surface area contributed by atoms with Crippen LogP contribution >= 0.6 is 11.3 Å². The van der Waals surface area contributed by atoms with Gasteiger partial charge in [0.2, 0.25) is 11.8 Å². The molecule has 3 aromatic heterocycles. The van der Waals surface area contributed by atoms with Crippen LogP contribution < -0.4 is 25.2 Å². The summed E-state index contributed by atoms with van der Waals surface area (Å²) in [6, 6.07) is 31.8. The van der Waals surface area contributed by atoms with E-state index in [9.17, 15) is 24.3 Å². The molecule has 0 bridgehead atoms. The Morgan fingerprint density at radius 3 is 2.44 bits per heavy atom. The van der Waals surface area contributed by atoms with Gasteiger partial charge >= 0.3 is 5.97 Å². The predicted octanol–water partition coefficient (Wildman–Crippen LogP) is 7.66. The number of amides is 3. The molecule has 376 valence electrons. The van der Waals surface area contributed by atoms with Crippen molar-refractivity contribution < 1.29 is 29.0 Å². The molecule has 17 heteroatoms. The van der Waals surface area contributed by atoms with Crippen molar-refractivity contribution in [3.8, 4) is 5.75 Å². The number of likely N-dealkylation sites (tertiary alicyclic amines) is 1. The van der Waals surface area contributed by atoms with Gasteiger partial charge in [-0.05, 0) is 148 Å². The minimum Gasteiger partial charge on any atom is -0.489 e. The first kappa shape index (κ1) is 48.1. The Labute approximate surface area is 428 Å². The van der Waals surface area contributed by atoms with E-state index in [4.69, 9.17) is 9.84 Å². The Kier molecular flexibility index (Phi) is 13.9. The highest BCUT2D eigenvalue weighted by Gasteiger charge is 2.32. The number of rotatable bonds is 15. The summed E-state index contributed by atoms with van der Waals surface area (Å²) in [7, 11) is 1.92. The molecule has 4 aliphatic heterocycles. The van der Waals surface area contributed by atoms with Crippen LogP contribution in [0.5, 0.6) is 5.75 Å². The molecule has 7 aromatic rings. The van der Waals surface area contributed by atoms with Crippen molar-refractivity contribution in [3.05, 3.63) is 136 Å². The molecule has 3 amide bonds. The van der Waals surface area contributed by atoms with Crippen LogP contribution in [-0.2, 0) is 42.6 Å². The van der Waals surface area contributed by atoms with Crippen LogP contribution in [0.15, 0.2) is 97.1 Å². The number of nitrogens with one attached hydrogen (secondary N) is 2. The first-order valence-electron chi connectivity index (χ1n) is 25.6. The van der Waals surface area contributed by atoms with Crippen LogP contribution in [0, 0.1) is 5.92 Å². The number of hydrogen-bond acceptors (Lipinski definition) is 13. The second-order valence-corrected chi connectivity index (χ2v) is 20.9. The fourth-order valence-corrected chi connectivity index (χ4v) is 12.0. The minimum atomic E-state index is -1.12. The topological polar surface area (TPSA) is 178 Å². The smallest absolute Gasteiger partial charge is 0.354 e. The largest absolute Gasteiger partial charge is 0.489 e. The maximum absolute atomic E-state index is 13.6. The van der Waals surface area contributed by atoms with E-state index in [2.05, 4.69) is 65.6 Å². The molecule has 0 radical (unpaired) electrons. The number of nitrogens with zero attached hydrogens (tertiary/aromatic N) is 8. The van der Waals surface area contributed by atoms with E-state index < -0.39 is 11.9 Å². The van der Waals surface area contributed by atoms with E-state index in [1.165, 1.54) is 22.6 Å². The van der Waals surface area contributed by atoms with E-state index in [1.807, 2.05) is 77.3 Å². The van der Waals surface area contributed by atoms with E-state index in [0.29, 0.717) is 66.1 Å². The van der Waals surface area contributed by atoms with Crippen LogP contribution in [-0.4, -0.2) is 117 Å². The number of ether oxygens (including phenoxy) is 1. The summed E-state index contributed by atoms with van der Waals surface area (Å²) in [5, 5.41) is 22.0. The normalized spacial score (nSPS) is 18.0. The molecule has 4 aliphatic rings. The lowest BCUT2D eigenvalue weighted by molar-refractivity contribution is -0.134. The molecule has 16 nitrogen and oxygen atoms in total. The Hall–Kier alpha value is -7.21. The highest BCUT2D eigenvalue weighted by atomic mass is 32.1. The number of para-hydroxylation sites is 1. The highest BCUT2D eigenvalue weighted by Crippen LogP contribution is 2.34. The number of aromatic nitrogens is 4. The Morgan fingerprint density at radius 2 is 1.63 bits per heavy atom. The standard InChI is InChI=1S/C56H60N10O6S/c1-62-47-33-40(14-15-43(47)52(61-62)44-16-18-50(67)59-54(44)69)65-29-27-64(28-30-65)23-6-22-63-24-19-36(20-25-63)31-37-7-4-9-41(32-37)72-35-39-13-17-49(58-51(39)55(70)71)66-26-21-38-8-5-10-42(45(38)34-66)53(68)60-56-57-46-11-2-3-12-48(46)73-56/h2-5,7-15,17,32-33,36,44H,6,16,18-31,34-35H2,1H3,(H,70,71)(H,57,60,68)(H,59,67,69). The third-order valence-corrected chi connectivity index (χ3v) is 16.1. The number of pyridine rings is 1. The molecule has 11 rings (SSSR count). The van der Waals surface area contributed by atoms with E-state index >= 15 is 0 Å². The molecule has 7 heterocycles. The maximum atomic E-state index is 13.6. The number of hydrogen-bond donors (Lipinski definition) is 3. The highest BCUT2D eigenvalue weighted by molar-refractivity contribution is 7.22. The van der Waals surface area contributed by atoms with Gasteiger partial charge in [0.15, 0.2) is 10.8 Å². The number of carboxylic acid groups (broad SMARTS) is 1. The second kappa shape index (κ2) is 21.1. The zero-order valence-electron chi connectivity index (χ0n) is 41.1. The van der Waals surface area contributed by atoms with Gasteiger partial charge in [-0.2, -0.15) is 5.10 Å². The van der Waals surface area contributed by atoms with Crippen molar-refractivity contribution in [1.29, 1.82) is 0 Å². The molecule has 3 saturated heterocycles. The lowest BCUT2D eigenvalue weighted by Crippen LogP contribution is -2.47. The fraction of sp³-hybridized carbons (Fsp3) is 0.375. The number of anilines is 3. The maximum Gasteiger partial charge on any atom is 0.354 e. The van der Waals surface area contributed by atoms with Crippen molar-refractivity contribution in [2.75, 3.05) is 74.0 Å². The lowest BCUT2D eigenvalue weighted by Gasteiger charge is -2.37. The lowest BCUT2D eigenvalue weighted by atomic mass is 9.90.